The molecule has 0 aliphatic heterocycles. The van der Waals surface area contributed by atoms with Gasteiger partial charge in [0.1, 0.15) is 6.17 Å². The lowest BCUT2D eigenvalue weighted by Crippen LogP contribution is -2.46. The predicted molar refractivity (Wildman–Crippen MR) is 54.3 cm³/mol. The number of ether oxygens (including phenoxy) is 1. The minimum absolute atomic E-state index is 0.359. The van der Waals surface area contributed by atoms with Gasteiger partial charge in [-0.15, -0.1) is 0 Å². The highest BCUT2D eigenvalue weighted by atomic mass is 16.6. The molecule has 0 saturated carbocycles. The van der Waals surface area contributed by atoms with Gasteiger partial charge in [0, 0.05) is 0 Å². The lowest BCUT2D eigenvalue weighted by Gasteiger charge is -2.18. The number of hydrogen-bond acceptors (Lipinski definition) is 4. The van der Waals surface area contributed by atoms with E-state index >= 15 is 0 Å². The molecule has 0 fully saturated rings. The van der Waals surface area contributed by atoms with Crippen LogP contribution in [-0.4, -0.2) is 24.6 Å². The molecule has 0 aromatic heterocycles. The molecular formula is C10H16N2O2. The summed E-state index contributed by atoms with van der Waals surface area (Å²) in [4.78, 5) is 0. The zero-order valence-corrected chi connectivity index (χ0v) is 8.18. The number of hydrogen-bond donors (Lipinski definition) is 3. The van der Waals surface area contributed by atoms with E-state index in [2.05, 4.69) is 5.32 Å². The number of nitrogens with two attached hydrogens (primary N) is 1. The van der Waals surface area contributed by atoms with Crippen molar-refractivity contribution in [3.63, 3.8) is 0 Å². The largest absolute Gasteiger partial charge is 0.366 e. The molecule has 1 aromatic rings. The fourth-order valence-corrected chi connectivity index (χ4v) is 1.00. The second kappa shape index (κ2) is 5.72. The summed E-state index contributed by atoms with van der Waals surface area (Å²) in [6, 6.07) is 9.63. The van der Waals surface area contributed by atoms with Crippen molar-refractivity contribution in [1.82, 2.24) is 5.32 Å². The third-order valence-corrected chi connectivity index (χ3v) is 1.90. The number of likely N-dealkylation sites (N-methyl/N-ethyl adjacent to an activating group) is 1. The van der Waals surface area contributed by atoms with Crippen molar-refractivity contribution in [2.45, 2.75) is 19.1 Å². The summed E-state index contributed by atoms with van der Waals surface area (Å²) in [5.41, 5.74) is 6.50. The van der Waals surface area contributed by atoms with Crippen molar-refractivity contribution < 1.29 is 9.84 Å². The lowest BCUT2D eigenvalue weighted by atomic mass is 10.2. The number of aliphatic hydroxyl groups is 1. The number of aliphatic hydroxyl groups excluding tert-OH is 1. The molecule has 0 saturated heterocycles. The molecule has 1 aromatic carbocycles. The van der Waals surface area contributed by atoms with Crippen LogP contribution < -0.4 is 11.1 Å². The Morgan fingerprint density at radius 2 is 2.07 bits per heavy atom. The van der Waals surface area contributed by atoms with Crippen LogP contribution >= 0.6 is 0 Å². The zero-order chi connectivity index (χ0) is 10.4. The van der Waals surface area contributed by atoms with Crippen LogP contribution in [0.25, 0.3) is 0 Å². The van der Waals surface area contributed by atoms with Gasteiger partial charge >= 0.3 is 0 Å². The molecule has 1 rings (SSSR count). The van der Waals surface area contributed by atoms with Crippen LogP contribution in [0.15, 0.2) is 30.3 Å². The normalized spacial score (nSPS) is 15.1. The van der Waals surface area contributed by atoms with Crippen LogP contribution in [0.4, 0.5) is 0 Å². The fourth-order valence-electron chi connectivity index (χ4n) is 1.00. The molecule has 0 spiro atoms. The summed E-state index contributed by atoms with van der Waals surface area (Å²) in [5, 5.41) is 12.1. The first-order valence-corrected chi connectivity index (χ1v) is 4.50. The van der Waals surface area contributed by atoms with Gasteiger partial charge in [-0.2, -0.15) is 0 Å². The Hall–Kier alpha value is -0.940. The molecule has 78 valence electrons. The summed E-state index contributed by atoms with van der Waals surface area (Å²) >= 11 is 0. The van der Waals surface area contributed by atoms with E-state index < -0.39 is 12.5 Å². The highest BCUT2D eigenvalue weighted by Gasteiger charge is 2.12. The van der Waals surface area contributed by atoms with Gasteiger partial charge in [-0.3, -0.25) is 0 Å². The van der Waals surface area contributed by atoms with Gasteiger partial charge in [-0.05, 0) is 12.6 Å². The summed E-state index contributed by atoms with van der Waals surface area (Å²) in [6.07, 6.45) is -1.54. The van der Waals surface area contributed by atoms with E-state index in [-0.39, 0.29) is 0 Å². The van der Waals surface area contributed by atoms with Gasteiger partial charge in [0.2, 0.25) is 0 Å². The Balaban J connectivity index is 2.34. The third kappa shape index (κ3) is 3.43. The minimum atomic E-state index is -0.986. The first-order chi connectivity index (χ1) is 6.74. The summed E-state index contributed by atoms with van der Waals surface area (Å²) in [6.45, 7) is 0.359. The standard InChI is InChI=1S/C10H16N2O2/c1-12-9(11)10(13)14-7-8-5-3-2-4-6-8/h2-6,9-10,12-13H,7,11H2,1H3/t9-,10?/m1/s1. The van der Waals surface area contributed by atoms with Gasteiger partial charge < -0.3 is 20.9 Å². The smallest absolute Gasteiger partial charge is 0.183 e. The molecule has 4 nitrogen and oxygen atoms in total. The van der Waals surface area contributed by atoms with Gasteiger partial charge in [0.05, 0.1) is 6.61 Å². The molecule has 1 unspecified atom stereocenters. The average Bonchev–Trinajstić information content (AvgIpc) is 2.26. The Labute approximate surface area is 83.7 Å². The summed E-state index contributed by atoms with van der Waals surface area (Å²) in [7, 11) is 1.67. The Morgan fingerprint density at radius 1 is 1.43 bits per heavy atom. The van der Waals surface area contributed by atoms with Gasteiger partial charge in [0.25, 0.3) is 0 Å². The fraction of sp³-hybridized carbons (Fsp3) is 0.400. The maximum absolute atomic E-state index is 9.37. The molecule has 0 heterocycles. The van der Waals surface area contributed by atoms with Gasteiger partial charge in [-0.1, -0.05) is 30.3 Å². The molecule has 4 heteroatoms. The van der Waals surface area contributed by atoms with Gasteiger partial charge in [0.15, 0.2) is 6.29 Å². The van der Waals surface area contributed by atoms with E-state index in [4.69, 9.17) is 10.5 Å². The number of nitrogens with one attached hydrogen (secondary N) is 1. The zero-order valence-electron chi connectivity index (χ0n) is 8.18. The van der Waals surface area contributed by atoms with E-state index in [1.165, 1.54) is 0 Å². The van der Waals surface area contributed by atoms with Crippen molar-refractivity contribution in [2.75, 3.05) is 7.05 Å². The highest BCUT2D eigenvalue weighted by Crippen LogP contribution is 2.02. The Morgan fingerprint density at radius 3 is 2.64 bits per heavy atom. The SMILES string of the molecule is CN[C@@H](N)C(O)OCc1ccccc1. The van der Waals surface area contributed by atoms with Crippen LogP contribution in [0.3, 0.4) is 0 Å². The molecule has 0 radical (unpaired) electrons. The second-order valence-corrected chi connectivity index (χ2v) is 3.00. The van der Waals surface area contributed by atoms with Crippen molar-refractivity contribution in [3.05, 3.63) is 35.9 Å². The Kier molecular flexibility index (Phi) is 4.55. The average molecular weight is 196 g/mol. The van der Waals surface area contributed by atoms with Crippen LogP contribution in [0.1, 0.15) is 5.56 Å². The Bertz CT molecular complexity index is 254. The van der Waals surface area contributed by atoms with E-state index in [0.29, 0.717) is 6.61 Å². The van der Waals surface area contributed by atoms with Crippen molar-refractivity contribution in [1.29, 1.82) is 0 Å². The van der Waals surface area contributed by atoms with Crippen LogP contribution in [-0.2, 0) is 11.3 Å². The van der Waals surface area contributed by atoms with Gasteiger partial charge in [-0.25, -0.2) is 0 Å². The highest BCUT2D eigenvalue weighted by molar-refractivity contribution is 5.13. The molecule has 0 bridgehead atoms. The van der Waals surface area contributed by atoms with E-state index in [9.17, 15) is 5.11 Å². The molecule has 14 heavy (non-hydrogen) atoms. The quantitative estimate of drug-likeness (QED) is 0.581. The maximum atomic E-state index is 9.37. The summed E-state index contributed by atoms with van der Waals surface area (Å²) in [5.74, 6) is 0. The first kappa shape index (κ1) is 11.1. The van der Waals surface area contributed by atoms with Crippen LogP contribution in [0, 0.1) is 0 Å². The van der Waals surface area contributed by atoms with E-state index in [1.54, 1.807) is 7.05 Å². The molecule has 2 atom stereocenters. The van der Waals surface area contributed by atoms with E-state index in [1.807, 2.05) is 30.3 Å². The first-order valence-electron chi connectivity index (χ1n) is 4.50. The van der Waals surface area contributed by atoms with E-state index in [0.717, 1.165) is 5.56 Å². The maximum Gasteiger partial charge on any atom is 0.183 e. The molecule has 0 amide bonds. The predicted octanol–water partition coefficient (Wildman–Crippen LogP) is 0.0258. The second-order valence-electron chi connectivity index (χ2n) is 3.00. The molecular weight excluding hydrogens is 180 g/mol. The minimum Gasteiger partial charge on any atom is -0.366 e. The topological polar surface area (TPSA) is 67.5 Å². The number of rotatable bonds is 5. The van der Waals surface area contributed by atoms with Crippen molar-refractivity contribution in [2.24, 2.45) is 5.73 Å². The molecule has 0 aliphatic rings. The lowest BCUT2D eigenvalue weighted by molar-refractivity contribution is -0.125. The molecule has 0 aliphatic carbocycles. The monoisotopic (exact) mass is 196 g/mol. The van der Waals surface area contributed by atoms with Crippen molar-refractivity contribution in [3.8, 4) is 0 Å². The van der Waals surface area contributed by atoms with Crippen molar-refractivity contribution >= 4 is 0 Å². The van der Waals surface area contributed by atoms with Crippen LogP contribution in [0.2, 0.25) is 0 Å². The third-order valence-electron chi connectivity index (χ3n) is 1.90. The number of benzene rings is 1. The van der Waals surface area contributed by atoms with Crippen LogP contribution in [0.5, 0.6) is 0 Å². The molecule has 4 N–H and O–H groups in total. The summed E-state index contributed by atoms with van der Waals surface area (Å²) < 4.78 is 5.15.